The van der Waals surface area contributed by atoms with Gasteiger partial charge in [0.1, 0.15) is 5.75 Å². The number of rotatable bonds is 5. The maximum Gasteiger partial charge on any atom is 0.123 e. The minimum atomic E-state index is 0.645. The third-order valence-electron chi connectivity index (χ3n) is 2.95. The maximum absolute atomic E-state index is 5.29. The van der Waals surface area contributed by atoms with E-state index in [9.17, 15) is 0 Å². The van der Waals surface area contributed by atoms with Gasteiger partial charge in [-0.2, -0.15) is 5.10 Å². The predicted octanol–water partition coefficient (Wildman–Crippen LogP) is 3.13. The highest BCUT2D eigenvalue weighted by molar-refractivity contribution is 5.81. The first kappa shape index (κ1) is 13.1. The minimum Gasteiger partial charge on any atom is -0.496 e. The van der Waals surface area contributed by atoms with Gasteiger partial charge in [-0.3, -0.25) is 0 Å². The maximum atomic E-state index is 5.29. The number of hydrogen-bond donors (Lipinski definition) is 1. The Hall–Kier alpha value is -2.29. The number of benzene rings is 2. The first-order valence-corrected chi connectivity index (χ1v) is 6.24. The Morgan fingerprint density at radius 3 is 2.63 bits per heavy atom. The van der Waals surface area contributed by atoms with Crippen molar-refractivity contribution in [1.82, 2.24) is 5.43 Å². The second-order valence-electron chi connectivity index (χ2n) is 4.26. The van der Waals surface area contributed by atoms with Gasteiger partial charge in [-0.05, 0) is 24.1 Å². The van der Waals surface area contributed by atoms with Crippen molar-refractivity contribution in [3.8, 4) is 5.75 Å². The number of para-hydroxylation sites is 1. The van der Waals surface area contributed by atoms with Crippen LogP contribution in [0.5, 0.6) is 5.75 Å². The Morgan fingerprint density at radius 2 is 1.84 bits per heavy atom. The SMILES string of the molecule is COc1ccccc1CN/N=C/c1ccccc1C. The molecule has 3 heteroatoms. The average Bonchev–Trinajstić information content (AvgIpc) is 2.45. The summed E-state index contributed by atoms with van der Waals surface area (Å²) < 4.78 is 5.29. The van der Waals surface area contributed by atoms with Crippen LogP contribution >= 0.6 is 0 Å². The molecule has 0 spiro atoms. The van der Waals surface area contributed by atoms with Crippen LogP contribution in [0.3, 0.4) is 0 Å². The number of ether oxygens (including phenoxy) is 1. The van der Waals surface area contributed by atoms with Gasteiger partial charge in [0.05, 0.1) is 19.9 Å². The van der Waals surface area contributed by atoms with Gasteiger partial charge in [-0.25, -0.2) is 0 Å². The fourth-order valence-corrected chi connectivity index (χ4v) is 1.83. The van der Waals surface area contributed by atoms with Crippen molar-refractivity contribution in [2.45, 2.75) is 13.5 Å². The van der Waals surface area contributed by atoms with E-state index in [2.05, 4.69) is 23.5 Å². The van der Waals surface area contributed by atoms with Gasteiger partial charge in [0.25, 0.3) is 0 Å². The molecule has 0 unspecified atom stereocenters. The zero-order valence-electron chi connectivity index (χ0n) is 11.3. The fourth-order valence-electron chi connectivity index (χ4n) is 1.83. The summed E-state index contributed by atoms with van der Waals surface area (Å²) in [7, 11) is 1.68. The first-order valence-electron chi connectivity index (χ1n) is 6.24. The van der Waals surface area contributed by atoms with Crippen molar-refractivity contribution in [3.63, 3.8) is 0 Å². The number of methoxy groups -OCH3 is 1. The number of hydrogen-bond acceptors (Lipinski definition) is 3. The lowest BCUT2D eigenvalue weighted by Gasteiger charge is -2.07. The van der Waals surface area contributed by atoms with Gasteiger partial charge in [0, 0.05) is 5.56 Å². The van der Waals surface area contributed by atoms with E-state index in [0.717, 1.165) is 16.9 Å². The molecular formula is C16H18N2O. The number of nitrogens with zero attached hydrogens (tertiary/aromatic N) is 1. The van der Waals surface area contributed by atoms with Crippen LogP contribution in [0.1, 0.15) is 16.7 Å². The Morgan fingerprint density at radius 1 is 1.11 bits per heavy atom. The molecule has 0 bridgehead atoms. The van der Waals surface area contributed by atoms with Gasteiger partial charge in [-0.15, -0.1) is 0 Å². The summed E-state index contributed by atoms with van der Waals surface area (Å²) in [4.78, 5) is 0. The average molecular weight is 254 g/mol. The predicted molar refractivity (Wildman–Crippen MR) is 78.6 cm³/mol. The molecule has 2 aromatic rings. The van der Waals surface area contributed by atoms with Crippen molar-refractivity contribution in [3.05, 3.63) is 65.2 Å². The molecule has 0 atom stereocenters. The van der Waals surface area contributed by atoms with Gasteiger partial charge in [0.15, 0.2) is 0 Å². The topological polar surface area (TPSA) is 33.6 Å². The molecule has 2 aromatic carbocycles. The first-order chi connectivity index (χ1) is 9.31. The Bertz CT molecular complexity index is 564. The van der Waals surface area contributed by atoms with E-state index < -0.39 is 0 Å². The fraction of sp³-hybridized carbons (Fsp3) is 0.188. The van der Waals surface area contributed by atoms with E-state index in [-0.39, 0.29) is 0 Å². The van der Waals surface area contributed by atoms with Crippen molar-refractivity contribution >= 4 is 6.21 Å². The van der Waals surface area contributed by atoms with Crippen LogP contribution in [0.4, 0.5) is 0 Å². The summed E-state index contributed by atoms with van der Waals surface area (Å²) in [5, 5.41) is 4.24. The lowest BCUT2D eigenvalue weighted by molar-refractivity contribution is 0.408. The molecular weight excluding hydrogens is 236 g/mol. The lowest BCUT2D eigenvalue weighted by atomic mass is 10.1. The summed E-state index contributed by atoms with van der Waals surface area (Å²) in [6.45, 7) is 2.72. The molecule has 0 aliphatic heterocycles. The molecule has 98 valence electrons. The van der Waals surface area contributed by atoms with Crippen LogP contribution in [0.2, 0.25) is 0 Å². The summed E-state index contributed by atoms with van der Waals surface area (Å²) in [5.74, 6) is 0.876. The molecule has 0 amide bonds. The molecule has 0 heterocycles. The van der Waals surface area contributed by atoms with Crippen LogP contribution in [0, 0.1) is 6.92 Å². The molecule has 0 aliphatic rings. The second kappa shape index (κ2) is 6.59. The summed E-state index contributed by atoms with van der Waals surface area (Å²) in [6, 6.07) is 16.1. The van der Waals surface area contributed by atoms with Crippen LogP contribution in [-0.2, 0) is 6.54 Å². The van der Waals surface area contributed by atoms with Gasteiger partial charge in [0.2, 0.25) is 0 Å². The molecule has 19 heavy (non-hydrogen) atoms. The lowest BCUT2D eigenvalue weighted by Crippen LogP contribution is -2.07. The molecule has 0 aromatic heterocycles. The number of hydrazone groups is 1. The van der Waals surface area contributed by atoms with E-state index >= 15 is 0 Å². The summed E-state index contributed by atoms with van der Waals surface area (Å²) >= 11 is 0. The largest absolute Gasteiger partial charge is 0.496 e. The monoisotopic (exact) mass is 254 g/mol. The second-order valence-corrected chi connectivity index (χ2v) is 4.26. The van der Waals surface area contributed by atoms with E-state index in [0.29, 0.717) is 6.54 Å². The van der Waals surface area contributed by atoms with E-state index in [1.54, 1.807) is 7.11 Å². The molecule has 0 saturated heterocycles. The summed E-state index contributed by atoms with van der Waals surface area (Å²) in [6.07, 6.45) is 1.84. The highest BCUT2D eigenvalue weighted by atomic mass is 16.5. The molecule has 1 N–H and O–H groups in total. The number of aryl methyl sites for hydroxylation is 1. The zero-order valence-corrected chi connectivity index (χ0v) is 11.3. The molecule has 3 nitrogen and oxygen atoms in total. The molecule has 0 aliphatic carbocycles. The molecule has 0 radical (unpaired) electrons. The van der Waals surface area contributed by atoms with Crippen molar-refractivity contribution in [1.29, 1.82) is 0 Å². The van der Waals surface area contributed by atoms with Gasteiger partial charge < -0.3 is 10.2 Å². The minimum absolute atomic E-state index is 0.645. The summed E-state index contributed by atoms with van der Waals surface area (Å²) in [5.41, 5.74) is 6.46. The van der Waals surface area contributed by atoms with Crippen molar-refractivity contribution < 1.29 is 4.74 Å². The van der Waals surface area contributed by atoms with Crippen LogP contribution in [0.25, 0.3) is 0 Å². The van der Waals surface area contributed by atoms with E-state index in [1.165, 1.54) is 5.56 Å². The van der Waals surface area contributed by atoms with Crippen LogP contribution < -0.4 is 10.2 Å². The zero-order chi connectivity index (χ0) is 13.5. The molecule has 0 fully saturated rings. The van der Waals surface area contributed by atoms with E-state index in [1.807, 2.05) is 48.7 Å². The Labute approximate surface area is 113 Å². The highest BCUT2D eigenvalue weighted by Crippen LogP contribution is 2.16. The normalized spacial score (nSPS) is 10.6. The number of nitrogens with one attached hydrogen (secondary N) is 1. The van der Waals surface area contributed by atoms with Crippen molar-refractivity contribution in [2.24, 2.45) is 5.10 Å². The molecule has 2 rings (SSSR count). The third-order valence-corrected chi connectivity index (χ3v) is 2.95. The van der Waals surface area contributed by atoms with Gasteiger partial charge >= 0.3 is 0 Å². The third kappa shape index (κ3) is 3.58. The van der Waals surface area contributed by atoms with Crippen LogP contribution in [-0.4, -0.2) is 13.3 Å². The van der Waals surface area contributed by atoms with Crippen molar-refractivity contribution in [2.75, 3.05) is 7.11 Å². The standard InChI is InChI=1S/C16H18N2O/c1-13-7-3-4-8-14(13)11-17-18-12-15-9-5-6-10-16(15)19-2/h3-11,18H,12H2,1-2H3/b17-11+. The van der Waals surface area contributed by atoms with Gasteiger partial charge in [-0.1, -0.05) is 42.5 Å². The van der Waals surface area contributed by atoms with E-state index in [4.69, 9.17) is 4.74 Å². The smallest absolute Gasteiger partial charge is 0.123 e. The Kier molecular flexibility index (Phi) is 4.56. The quantitative estimate of drug-likeness (QED) is 0.657. The van der Waals surface area contributed by atoms with Crippen LogP contribution in [0.15, 0.2) is 53.6 Å². The highest BCUT2D eigenvalue weighted by Gasteiger charge is 1.99. The Balaban J connectivity index is 1.95. The molecule has 0 saturated carbocycles.